The first-order valence-corrected chi connectivity index (χ1v) is 8.41. The van der Waals surface area contributed by atoms with Gasteiger partial charge in [0.15, 0.2) is 0 Å². The quantitative estimate of drug-likeness (QED) is 0.782. The van der Waals surface area contributed by atoms with Crippen LogP contribution in [0.25, 0.3) is 0 Å². The van der Waals surface area contributed by atoms with E-state index in [2.05, 4.69) is 33.1 Å². The number of piperazine rings is 1. The highest BCUT2D eigenvalue weighted by Gasteiger charge is 2.23. The van der Waals surface area contributed by atoms with Gasteiger partial charge in [0.25, 0.3) is 0 Å². The van der Waals surface area contributed by atoms with Crippen molar-refractivity contribution >= 4 is 15.9 Å². The Balaban J connectivity index is 2.17. The van der Waals surface area contributed by atoms with E-state index in [0.717, 1.165) is 42.6 Å². The van der Waals surface area contributed by atoms with Crippen LogP contribution in [0.3, 0.4) is 0 Å². The Morgan fingerprint density at radius 1 is 1.30 bits per heavy atom. The fraction of sp³-hybridized carbons (Fsp3) is 0.625. The van der Waals surface area contributed by atoms with Crippen LogP contribution in [0.5, 0.6) is 0 Å². The molecule has 1 fully saturated rings. The first-order chi connectivity index (χ1) is 9.72. The Morgan fingerprint density at radius 2 is 2.05 bits per heavy atom. The lowest BCUT2D eigenvalue weighted by Gasteiger charge is -2.36. The van der Waals surface area contributed by atoms with E-state index in [1.807, 2.05) is 6.07 Å². The molecular formula is C16H24BrFN2. The third-order valence-electron chi connectivity index (χ3n) is 3.99. The molecule has 0 radical (unpaired) electrons. The van der Waals surface area contributed by atoms with Crippen LogP contribution in [0.15, 0.2) is 22.7 Å². The molecule has 1 aromatic carbocycles. The molecule has 1 aliphatic rings. The topological polar surface area (TPSA) is 15.3 Å². The Morgan fingerprint density at radius 3 is 2.75 bits per heavy atom. The summed E-state index contributed by atoms with van der Waals surface area (Å²) in [6.45, 7) is 6.35. The van der Waals surface area contributed by atoms with Gasteiger partial charge < -0.3 is 5.32 Å². The van der Waals surface area contributed by atoms with Crippen molar-refractivity contribution in [3.63, 3.8) is 0 Å². The zero-order valence-corrected chi connectivity index (χ0v) is 13.8. The van der Waals surface area contributed by atoms with Crippen molar-refractivity contribution in [3.05, 3.63) is 34.1 Å². The Labute approximate surface area is 129 Å². The summed E-state index contributed by atoms with van der Waals surface area (Å²) in [6, 6.07) is 5.38. The highest BCUT2D eigenvalue weighted by molar-refractivity contribution is 9.10. The van der Waals surface area contributed by atoms with Gasteiger partial charge in [-0.3, -0.25) is 4.90 Å². The minimum absolute atomic E-state index is 0.140. The number of hydrogen-bond donors (Lipinski definition) is 1. The lowest BCUT2D eigenvalue weighted by molar-refractivity contribution is 0.162. The van der Waals surface area contributed by atoms with Gasteiger partial charge in [0, 0.05) is 36.7 Å². The van der Waals surface area contributed by atoms with Crippen LogP contribution in [0.4, 0.5) is 4.39 Å². The van der Waals surface area contributed by atoms with Crippen LogP contribution >= 0.6 is 15.9 Å². The SMILES string of the molecule is CCCCC[C@@H](c1cc(F)ccc1Br)N1CCNCC1. The Hall–Kier alpha value is -0.450. The molecule has 0 amide bonds. The standard InChI is InChI=1S/C16H24BrFN2/c1-2-3-4-5-16(20-10-8-19-9-11-20)14-12-13(18)6-7-15(14)17/h6-7,12,16,19H,2-5,8-11H2,1H3/t16-/m0/s1. The molecule has 112 valence electrons. The van der Waals surface area contributed by atoms with Crippen molar-refractivity contribution in [2.24, 2.45) is 0 Å². The number of unbranched alkanes of at least 4 members (excludes halogenated alkanes) is 2. The molecule has 0 unspecified atom stereocenters. The lowest BCUT2D eigenvalue weighted by Crippen LogP contribution is -2.45. The van der Waals surface area contributed by atoms with Crippen molar-refractivity contribution in [2.75, 3.05) is 26.2 Å². The molecule has 4 heteroatoms. The molecule has 1 heterocycles. The zero-order chi connectivity index (χ0) is 14.4. The van der Waals surface area contributed by atoms with E-state index in [1.54, 1.807) is 6.07 Å². The van der Waals surface area contributed by atoms with Gasteiger partial charge in [-0.1, -0.05) is 42.1 Å². The van der Waals surface area contributed by atoms with E-state index in [1.165, 1.54) is 25.3 Å². The molecule has 20 heavy (non-hydrogen) atoms. The first kappa shape index (κ1) is 15.9. The predicted molar refractivity (Wildman–Crippen MR) is 85.4 cm³/mol. The highest BCUT2D eigenvalue weighted by atomic mass is 79.9. The highest BCUT2D eigenvalue weighted by Crippen LogP contribution is 2.32. The van der Waals surface area contributed by atoms with E-state index in [0.29, 0.717) is 6.04 Å². The fourth-order valence-corrected chi connectivity index (χ4v) is 3.40. The lowest BCUT2D eigenvalue weighted by atomic mass is 9.98. The molecule has 2 nitrogen and oxygen atoms in total. The minimum atomic E-state index is -0.140. The van der Waals surface area contributed by atoms with Gasteiger partial charge in [-0.25, -0.2) is 4.39 Å². The van der Waals surface area contributed by atoms with Crippen molar-refractivity contribution < 1.29 is 4.39 Å². The smallest absolute Gasteiger partial charge is 0.123 e. The van der Waals surface area contributed by atoms with E-state index in [9.17, 15) is 4.39 Å². The number of nitrogens with one attached hydrogen (secondary N) is 1. The maximum atomic E-state index is 13.6. The van der Waals surface area contributed by atoms with Gasteiger partial charge in [0.1, 0.15) is 5.82 Å². The van der Waals surface area contributed by atoms with Crippen LogP contribution in [0.1, 0.15) is 44.2 Å². The molecule has 0 aliphatic carbocycles. The van der Waals surface area contributed by atoms with Gasteiger partial charge in [-0.05, 0) is 30.2 Å². The van der Waals surface area contributed by atoms with Crippen LogP contribution in [0, 0.1) is 5.82 Å². The van der Waals surface area contributed by atoms with Crippen molar-refractivity contribution in [1.29, 1.82) is 0 Å². The van der Waals surface area contributed by atoms with E-state index in [4.69, 9.17) is 0 Å². The molecule has 1 atom stereocenters. The van der Waals surface area contributed by atoms with E-state index < -0.39 is 0 Å². The largest absolute Gasteiger partial charge is 0.314 e. The third-order valence-corrected chi connectivity index (χ3v) is 4.71. The molecule has 0 saturated carbocycles. The van der Waals surface area contributed by atoms with Crippen LogP contribution in [0.2, 0.25) is 0 Å². The molecule has 1 saturated heterocycles. The summed E-state index contributed by atoms with van der Waals surface area (Å²) < 4.78 is 14.6. The maximum absolute atomic E-state index is 13.6. The number of nitrogens with zero attached hydrogens (tertiary/aromatic N) is 1. The Bertz CT molecular complexity index is 419. The summed E-state index contributed by atoms with van der Waals surface area (Å²) >= 11 is 3.60. The number of benzene rings is 1. The van der Waals surface area contributed by atoms with Crippen molar-refractivity contribution in [3.8, 4) is 0 Å². The number of rotatable bonds is 6. The first-order valence-electron chi connectivity index (χ1n) is 7.62. The van der Waals surface area contributed by atoms with Crippen LogP contribution < -0.4 is 5.32 Å². The van der Waals surface area contributed by atoms with Crippen LogP contribution in [-0.2, 0) is 0 Å². The predicted octanol–water partition coefficient (Wildman–Crippen LogP) is 4.11. The molecule has 2 rings (SSSR count). The average Bonchev–Trinajstić information content (AvgIpc) is 2.48. The van der Waals surface area contributed by atoms with Gasteiger partial charge in [0.05, 0.1) is 0 Å². The minimum Gasteiger partial charge on any atom is -0.314 e. The average molecular weight is 343 g/mol. The normalized spacial score (nSPS) is 18.1. The summed E-state index contributed by atoms with van der Waals surface area (Å²) in [5.74, 6) is -0.140. The number of halogens is 2. The van der Waals surface area contributed by atoms with E-state index in [-0.39, 0.29) is 5.82 Å². The summed E-state index contributed by atoms with van der Waals surface area (Å²) in [5, 5.41) is 3.39. The monoisotopic (exact) mass is 342 g/mol. The Kier molecular flexibility index (Phi) is 6.46. The summed E-state index contributed by atoms with van der Waals surface area (Å²) in [6.07, 6.45) is 4.78. The van der Waals surface area contributed by atoms with Crippen molar-refractivity contribution in [1.82, 2.24) is 10.2 Å². The van der Waals surface area contributed by atoms with Crippen LogP contribution in [-0.4, -0.2) is 31.1 Å². The maximum Gasteiger partial charge on any atom is 0.123 e. The zero-order valence-electron chi connectivity index (χ0n) is 12.2. The second kappa shape index (κ2) is 8.11. The fourth-order valence-electron chi connectivity index (χ4n) is 2.89. The van der Waals surface area contributed by atoms with Gasteiger partial charge in [0.2, 0.25) is 0 Å². The van der Waals surface area contributed by atoms with Gasteiger partial charge in [-0.2, -0.15) is 0 Å². The molecule has 1 N–H and O–H groups in total. The number of hydrogen-bond acceptors (Lipinski definition) is 2. The van der Waals surface area contributed by atoms with Gasteiger partial charge >= 0.3 is 0 Å². The second-order valence-electron chi connectivity index (χ2n) is 5.46. The molecule has 0 aromatic heterocycles. The van der Waals surface area contributed by atoms with E-state index >= 15 is 0 Å². The second-order valence-corrected chi connectivity index (χ2v) is 6.32. The van der Waals surface area contributed by atoms with Gasteiger partial charge in [-0.15, -0.1) is 0 Å². The molecule has 0 bridgehead atoms. The molecule has 1 aromatic rings. The molecular weight excluding hydrogens is 319 g/mol. The summed E-state index contributed by atoms with van der Waals surface area (Å²) in [4.78, 5) is 2.49. The molecule has 1 aliphatic heterocycles. The van der Waals surface area contributed by atoms with Crippen molar-refractivity contribution in [2.45, 2.75) is 38.6 Å². The summed E-state index contributed by atoms with van der Waals surface area (Å²) in [7, 11) is 0. The summed E-state index contributed by atoms with van der Waals surface area (Å²) in [5.41, 5.74) is 1.10. The third kappa shape index (κ3) is 4.27. The molecule has 0 spiro atoms.